The first kappa shape index (κ1) is 13.0. The highest BCUT2D eigenvalue weighted by atomic mass is 16.5. The molecule has 0 aliphatic rings. The van der Waals surface area contributed by atoms with Crippen LogP contribution in [0.1, 0.15) is 32.8 Å². The van der Waals surface area contributed by atoms with E-state index in [0.29, 0.717) is 0 Å². The monoisotopic (exact) mass is 221 g/mol. The lowest BCUT2D eigenvalue weighted by molar-refractivity contribution is 0.242. The van der Waals surface area contributed by atoms with Crippen molar-refractivity contribution in [2.45, 2.75) is 39.7 Å². The van der Waals surface area contributed by atoms with Gasteiger partial charge in [-0.3, -0.25) is 0 Å². The van der Waals surface area contributed by atoms with Gasteiger partial charge in [0.05, 0.1) is 6.10 Å². The highest BCUT2D eigenvalue weighted by molar-refractivity contribution is 5.27. The third-order valence-electron chi connectivity index (χ3n) is 2.31. The van der Waals surface area contributed by atoms with Gasteiger partial charge in [0.2, 0.25) is 0 Å². The van der Waals surface area contributed by atoms with Gasteiger partial charge in [-0.25, -0.2) is 0 Å². The van der Waals surface area contributed by atoms with E-state index in [1.54, 1.807) is 0 Å². The molecule has 0 saturated heterocycles. The maximum absolute atomic E-state index is 5.60. The van der Waals surface area contributed by atoms with Gasteiger partial charge in [0.15, 0.2) is 0 Å². The van der Waals surface area contributed by atoms with E-state index in [2.05, 4.69) is 36.5 Å². The van der Waals surface area contributed by atoms with E-state index >= 15 is 0 Å². The number of ether oxygens (including phenoxy) is 1. The average molecular weight is 221 g/mol. The molecule has 0 spiro atoms. The Labute approximate surface area is 99.0 Å². The van der Waals surface area contributed by atoms with Crippen LogP contribution in [0.5, 0.6) is 5.75 Å². The molecule has 90 valence electrons. The second-order valence-electron chi connectivity index (χ2n) is 4.31. The molecule has 0 saturated carbocycles. The average Bonchev–Trinajstić information content (AvgIpc) is 2.26. The van der Waals surface area contributed by atoms with E-state index in [0.717, 1.165) is 25.3 Å². The second kappa shape index (κ2) is 7.29. The Morgan fingerprint density at radius 3 is 2.38 bits per heavy atom. The molecular weight excluding hydrogens is 198 g/mol. The molecule has 1 aromatic rings. The minimum absolute atomic E-state index is 0.247. The molecule has 1 N–H and O–H groups in total. The fraction of sp³-hybridized carbons (Fsp3) is 0.571. The van der Waals surface area contributed by atoms with Crippen molar-refractivity contribution < 1.29 is 4.74 Å². The van der Waals surface area contributed by atoms with E-state index in [-0.39, 0.29) is 6.10 Å². The molecule has 0 unspecified atom stereocenters. The highest BCUT2D eigenvalue weighted by Gasteiger charge is 1.97. The molecule has 0 aromatic heterocycles. The minimum Gasteiger partial charge on any atom is -0.491 e. The highest BCUT2D eigenvalue weighted by Crippen LogP contribution is 2.13. The molecule has 0 heterocycles. The number of hydrogen-bond acceptors (Lipinski definition) is 2. The van der Waals surface area contributed by atoms with Crippen LogP contribution in [-0.2, 0) is 6.42 Å². The maximum atomic E-state index is 5.60. The lowest BCUT2D eigenvalue weighted by Crippen LogP contribution is -2.17. The zero-order valence-corrected chi connectivity index (χ0v) is 10.6. The molecule has 0 atom stereocenters. The minimum atomic E-state index is 0.247. The summed E-state index contributed by atoms with van der Waals surface area (Å²) in [5.74, 6) is 0.959. The van der Waals surface area contributed by atoms with Crippen molar-refractivity contribution in [3.8, 4) is 5.75 Å². The van der Waals surface area contributed by atoms with Gasteiger partial charge in [0, 0.05) is 0 Å². The van der Waals surface area contributed by atoms with Crippen molar-refractivity contribution in [3.63, 3.8) is 0 Å². The zero-order chi connectivity index (χ0) is 11.8. The Hall–Kier alpha value is -1.02. The van der Waals surface area contributed by atoms with Crippen molar-refractivity contribution in [1.82, 2.24) is 5.32 Å². The number of nitrogens with one attached hydrogen (secondary N) is 1. The van der Waals surface area contributed by atoms with Gasteiger partial charge in [-0.05, 0) is 57.5 Å². The normalized spacial score (nSPS) is 10.8. The predicted molar refractivity (Wildman–Crippen MR) is 69.1 cm³/mol. The smallest absolute Gasteiger partial charge is 0.119 e. The number of benzene rings is 1. The predicted octanol–water partition coefficient (Wildman–Crippen LogP) is 3.02. The Bertz CT molecular complexity index is 279. The fourth-order valence-corrected chi connectivity index (χ4v) is 1.54. The summed E-state index contributed by atoms with van der Waals surface area (Å²) in [6.07, 6.45) is 2.53. The summed E-state index contributed by atoms with van der Waals surface area (Å²) < 4.78 is 5.60. The van der Waals surface area contributed by atoms with Crippen LogP contribution in [-0.4, -0.2) is 19.2 Å². The van der Waals surface area contributed by atoms with Crippen molar-refractivity contribution in [3.05, 3.63) is 29.8 Å². The van der Waals surface area contributed by atoms with Gasteiger partial charge in [-0.15, -0.1) is 0 Å². The van der Waals surface area contributed by atoms with Crippen molar-refractivity contribution in [2.24, 2.45) is 0 Å². The molecule has 2 heteroatoms. The van der Waals surface area contributed by atoms with Crippen LogP contribution >= 0.6 is 0 Å². The summed E-state index contributed by atoms with van der Waals surface area (Å²) in [6, 6.07) is 8.39. The summed E-state index contributed by atoms with van der Waals surface area (Å²) in [7, 11) is 0. The lowest BCUT2D eigenvalue weighted by atomic mass is 10.1. The maximum Gasteiger partial charge on any atom is 0.119 e. The summed E-state index contributed by atoms with van der Waals surface area (Å²) >= 11 is 0. The van der Waals surface area contributed by atoms with Crippen LogP contribution in [0, 0.1) is 0 Å². The van der Waals surface area contributed by atoms with E-state index in [4.69, 9.17) is 4.74 Å². The largest absolute Gasteiger partial charge is 0.491 e. The Balaban J connectivity index is 2.33. The van der Waals surface area contributed by atoms with Crippen LogP contribution < -0.4 is 10.1 Å². The number of rotatable bonds is 7. The van der Waals surface area contributed by atoms with E-state index < -0.39 is 0 Å². The summed E-state index contributed by atoms with van der Waals surface area (Å²) in [5, 5.41) is 3.40. The quantitative estimate of drug-likeness (QED) is 0.715. The molecule has 2 nitrogen and oxygen atoms in total. The van der Waals surface area contributed by atoms with E-state index in [9.17, 15) is 0 Å². The van der Waals surface area contributed by atoms with Crippen LogP contribution in [0.2, 0.25) is 0 Å². The summed E-state index contributed by atoms with van der Waals surface area (Å²) in [4.78, 5) is 0. The van der Waals surface area contributed by atoms with Gasteiger partial charge in [-0.2, -0.15) is 0 Å². The molecule has 0 fully saturated rings. The zero-order valence-electron chi connectivity index (χ0n) is 10.6. The molecule has 1 rings (SSSR count). The SMILES string of the molecule is CCCNCCc1ccc(OC(C)C)cc1. The summed E-state index contributed by atoms with van der Waals surface area (Å²) in [5.41, 5.74) is 1.36. The van der Waals surface area contributed by atoms with Crippen molar-refractivity contribution in [1.29, 1.82) is 0 Å². The van der Waals surface area contributed by atoms with E-state index in [1.165, 1.54) is 12.0 Å². The van der Waals surface area contributed by atoms with E-state index in [1.807, 2.05) is 13.8 Å². The molecule has 0 aliphatic heterocycles. The Morgan fingerprint density at radius 1 is 1.12 bits per heavy atom. The Kier molecular flexibility index (Phi) is 5.94. The van der Waals surface area contributed by atoms with Gasteiger partial charge in [0.1, 0.15) is 5.75 Å². The third-order valence-corrected chi connectivity index (χ3v) is 2.31. The van der Waals surface area contributed by atoms with Crippen LogP contribution in [0.15, 0.2) is 24.3 Å². The second-order valence-corrected chi connectivity index (χ2v) is 4.31. The molecule has 16 heavy (non-hydrogen) atoms. The standard InChI is InChI=1S/C14H23NO/c1-4-10-15-11-9-13-5-7-14(8-6-13)16-12(2)3/h5-8,12,15H,4,9-11H2,1-3H3. The van der Waals surface area contributed by atoms with Gasteiger partial charge in [0.25, 0.3) is 0 Å². The van der Waals surface area contributed by atoms with Gasteiger partial charge < -0.3 is 10.1 Å². The first-order valence-electron chi connectivity index (χ1n) is 6.18. The van der Waals surface area contributed by atoms with Crippen LogP contribution in [0.4, 0.5) is 0 Å². The fourth-order valence-electron chi connectivity index (χ4n) is 1.54. The molecular formula is C14H23NO. The first-order valence-corrected chi connectivity index (χ1v) is 6.18. The Morgan fingerprint density at radius 2 is 1.81 bits per heavy atom. The van der Waals surface area contributed by atoms with Crippen molar-refractivity contribution in [2.75, 3.05) is 13.1 Å². The summed E-state index contributed by atoms with van der Waals surface area (Å²) in [6.45, 7) is 8.43. The molecule has 0 aliphatic carbocycles. The lowest BCUT2D eigenvalue weighted by Gasteiger charge is -2.10. The number of hydrogen-bond donors (Lipinski definition) is 1. The molecule has 0 bridgehead atoms. The molecule has 0 amide bonds. The molecule has 0 radical (unpaired) electrons. The van der Waals surface area contributed by atoms with Gasteiger partial charge in [-0.1, -0.05) is 19.1 Å². The van der Waals surface area contributed by atoms with Crippen LogP contribution in [0.25, 0.3) is 0 Å². The van der Waals surface area contributed by atoms with Crippen LogP contribution in [0.3, 0.4) is 0 Å². The first-order chi connectivity index (χ1) is 7.72. The van der Waals surface area contributed by atoms with Gasteiger partial charge >= 0.3 is 0 Å². The third kappa shape index (κ3) is 5.17. The molecule has 1 aromatic carbocycles. The van der Waals surface area contributed by atoms with Crippen molar-refractivity contribution >= 4 is 0 Å². The topological polar surface area (TPSA) is 21.3 Å².